The number of nitrogens with zero attached hydrogens (tertiary/aromatic N) is 2. The van der Waals surface area contributed by atoms with E-state index in [1.54, 1.807) is 0 Å². The van der Waals surface area contributed by atoms with E-state index in [-0.39, 0.29) is 0 Å². The Morgan fingerprint density at radius 2 is 2.05 bits per heavy atom. The lowest BCUT2D eigenvalue weighted by atomic mass is 10.00. The average Bonchev–Trinajstić information content (AvgIpc) is 2.89. The summed E-state index contributed by atoms with van der Waals surface area (Å²) >= 11 is 1.90. The lowest BCUT2D eigenvalue weighted by molar-refractivity contribution is 0.273. The molecule has 1 aliphatic rings. The van der Waals surface area contributed by atoms with Gasteiger partial charge in [0.2, 0.25) is 0 Å². The predicted octanol–water partition coefficient (Wildman–Crippen LogP) is 3.12. The Morgan fingerprint density at radius 3 is 2.63 bits per heavy atom. The molecule has 4 heteroatoms. The molecule has 1 aromatic rings. The summed E-state index contributed by atoms with van der Waals surface area (Å²) in [6, 6.07) is 4.45. The third kappa shape index (κ3) is 3.96. The van der Waals surface area contributed by atoms with Gasteiger partial charge in [-0.3, -0.25) is 4.99 Å². The Morgan fingerprint density at radius 1 is 1.37 bits per heavy atom. The van der Waals surface area contributed by atoms with Gasteiger partial charge in [-0.25, -0.2) is 0 Å². The molecule has 1 N–H and O–H groups in total. The molecule has 1 saturated heterocycles. The quantitative estimate of drug-likeness (QED) is 0.680. The number of hydrogen-bond donors (Lipinski definition) is 1. The van der Waals surface area contributed by atoms with Gasteiger partial charge < -0.3 is 10.2 Å². The van der Waals surface area contributed by atoms with Crippen molar-refractivity contribution in [2.24, 2.45) is 10.9 Å². The fourth-order valence-corrected chi connectivity index (χ4v) is 3.32. The first-order chi connectivity index (χ1) is 9.22. The molecular formula is C15H25N3S. The van der Waals surface area contributed by atoms with Crippen LogP contribution in [-0.2, 0) is 13.0 Å². The molecular weight excluding hydrogens is 254 g/mol. The average molecular weight is 279 g/mol. The number of aryl methyl sites for hydroxylation is 1. The number of piperidine rings is 1. The number of hydrogen-bond acceptors (Lipinski definition) is 2. The lowest BCUT2D eigenvalue weighted by Crippen LogP contribution is -2.44. The van der Waals surface area contributed by atoms with Crippen LogP contribution >= 0.6 is 11.3 Å². The molecule has 2 heterocycles. The van der Waals surface area contributed by atoms with Gasteiger partial charge in [-0.1, -0.05) is 13.8 Å². The van der Waals surface area contributed by atoms with Crippen molar-refractivity contribution in [2.45, 2.75) is 39.7 Å². The highest BCUT2D eigenvalue weighted by Crippen LogP contribution is 2.18. The van der Waals surface area contributed by atoms with Gasteiger partial charge in [0.25, 0.3) is 0 Å². The summed E-state index contributed by atoms with van der Waals surface area (Å²) in [6.07, 6.45) is 3.68. The summed E-state index contributed by atoms with van der Waals surface area (Å²) < 4.78 is 0. The van der Waals surface area contributed by atoms with Crippen LogP contribution in [0.2, 0.25) is 0 Å². The normalized spacial score (nSPS) is 17.8. The third-order valence-corrected chi connectivity index (χ3v) is 5.01. The van der Waals surface area contributed by atoms with Gasteiger partial charge in [0.05, 0.1) is 6.54 Å². The molecule has 0 aromatic carbocycles. The zero-order chi connectivity index (χ0) is 13.7. The number of nitrogens with one attached hydrogen (secondary N) is 1. The Bertz CT molecular complexity index is 417. The van der Waals surface area contributed by atoms with E-state index in [2.05, 4.69) is 41.2 Å². The highest BCUT2D eigenvalue weighted by atomic mass is 32.1. The van der Waals surface area contributed by atoms with E-state index in [0.29, 0.717) is 0 Å². The molecule has 3 nitrogen and oxygen atoms in total. The third-order valence-electron chi connectivity index (χ3n) is 3.78. The smallest absolute Gasteiger partial charge is 0.193 e. The van der Waals surface area contributed by atoms with E-state index in [1.165, 1.54) is 22.6 Å². The van der Waals surface area contributed by atoms with Crippen molar-refractivity contribution < 1.29 is 0 Å². The van der Waals surface area contributed by atoms with E-state index in [1.807, 2.05) is 18.4 Å². The number of guanidine groups is 1. The monoisotopic (exact) mass is 279 g/mol. The van der Waals surface area contributed by atoms with Gasteiger partial charge >= 0.3 is 0 Å². The van der Waals surface area contributed by atoms with Gasteiger partial charge in [-0.05, 0) is 37.3 Å². The molecule has 0 bridgehead atoms. The predicted molar refractivity (Wildman–Crippen MR) is 83.9 cm³/mol. The summed E-state index contributed by atoms with van der Waals surface area (Å²) in [4.78, 5) is 9.65. The molecule has 106 valence electrons. The first-order valence-corrected chi connectivity index (χ1v) is 8.07. The molecule has 19 heavy (non-hydrogen) atoms. The van der Waals surface area contributed by atoms with Crippen LogP contribution in [0.15, 0.2) is 17.1 Å². The standard InChI is InChI=1S/C15H25N3S/c1-4-13-5-6-14(19-13)11-17-15(16-3)18-9-7-12(2)8-10-18/h5-6,12H,4,7-11H2,1-3H3,(H,16,17). The lowest BCUT2D eigenvalue weighted by Gasteiger charge is -2.32. The molecule has 0 unspecified atom stereocenters. The largest absolute Gasteiger partial charge is 0.351 e. The minimum Gasteiger partial charge on any atom is -0.351 e. The molecule has 2 rings (SSSR count). The van der Waals surface area contributed by atoms with E-state index >= 15 is 0 Å². The van der Waals surface area contributed by atoms with Crippen LogP contribution in [0, 0.1) is 5.92 Å². The van der Waals surface area contributed by atoms with Crippen LogP contribution in [0.25, 0.3) is 0 Å². The SMILES string of the molecule is CCc1ccc(CNC(=NC)N2CCC(C)CC2)s1. The zero-order valence-corrected chi connectivity index (χ0v) is 13.1. The van der Waals surface area contributed by atoms with Crippen LogP contribution in [0.5, 0.6) is 0 Å². The molecule has 0 aliphatic carbocycles. The van der Waals surface area contributed by atoms with Gasteiger partial charge in [-0.2, -0.15) is 0 Å². The van der Waals surface area contributed by atoms with Gasteiger partial charge in [0.1, 0.15) is 0 Å². The second-order valence-corrected chi connectivity index (χ2v) is 6.54. The molecule has 0 amide bonds. The van der Waals surface area contributed by atoms with Crippen molar-refractivity contribution in [3.05, 3.63) is 21.9 Å². The summed E-state index contributed by atoms with van der Waals surface area (Å²) in [5, 5.41) is 3.49. The van der Waals surface area contributed by atoms with Crippen molar-refractivity contribution in [3.63, 3.8) is 0 Å². The fourth-order valence-electron chi connectivity index (χ4n) is 2.43. The highest BCUT2D eigenvalue weighted by Gasteiger charge is 2.18. The fraction of sp³-hybridized carbons (Fsp3) is 0.667. The number of likely N-dealkylation sites (tertiary alicyclic amines) is 1. The van der Waals surface area contributed by atoms with Crippen LogP contribution in [0.4, 0.5) is 0 Å². The maximum absolute atomic E-state index is 4.41. The van der Waals surface area contributed by atoms with Crippen molar-refractivity contribution in [3.8, 4) is 0 Å². The highest BCUT2D eigenvalue weighted by molar-refractivity contribution is 7.11. The Kier molecular flexibility index (Phi) is 5.25. The summed E-state index contributed by atoms with van der Waals surface area (Å²) in [5.74, 6) is 1.91. The molecule has 0 radical (unpaired) electrons. The van der Waals surface area contributed by atoms with E-state index in [9.17, 15) is 0 Å². The topological polar surface area (TPSA) is 27.6 Å². The maximum atomic E-state index is 4.41. The van der Waals surface area contributed by atoms with Crippen molar-refractivity contribution in [2.75, 3.05) is 20.1 Å². The minimum atomic E-state index is 0.860. The summed E-state index contributed by atoms with van der Waals surface area (Å²) in [5.41, 5.74) is 0. The Hall–Kier alpha value is -1.03. The zero-order valence-electron chi connectivity index (χ0n) is 12.3. The first-order valence-electron chi connectivity index (χ1n) is 7.26. The van der Waals surface area contributed by atoms with Crippen LogP contribution in [0.3, 0.4) is 0 Å². The number of aliphatic imine (C=N–C) groups is 1. The Labute approximate surface area is 120 Å². The Balaban J connectivity index is 1.86. The van der Waals surface area contributed by atoms with Crippen molar-refractivity contribution >= 4 is 17.3 Å². The molecule has 1 aliphatic heterocycles. The molecule has 1 aromatic heterocycles. The van der Waals surface area contributed by atoms with Gasteiger partial charge in [0, 0.05) is 29.9 Å². The van der Waals surface area contributed by atoms with Crippen LogP contribution < -0.4 is 5.32 Å². The summed E-state index contributed by atoms with van der Waals surface area (Å²) in [7, 11) is 1.88. The van der Waals surface area contributed by atoms with Crippen molar-refractivity contribution in [1.82, 2.24) is 10.2 Å². The van der Waals surface area contributed by atoms with E-state index < -0.39 is 0 Å². The number of thiophene rings is 1. The van der Waals surface area contributed by atoms with Gasteiger partial charge in [0.15, 0.2) is 5.96 Å². The van der Waals surface area contributed by atoms with Crippen LogP contribution in [-0.4, -0.2) is 31.0 Å². The number of rotatable bonds is 3. The molecule has 1 fully saturated rings. The van der Waals surface area contributed by atoms with E-state index in [4.69, 9.17) is 0 Å². The minimum absolute atomic E-state index is 0.860. The summed E-state index contributed by atoms with van der Waals surface area (Å²) in [6.45, 7) is 7.70. The second-order valence-electron chi connectivity index (χ2n) is 5.29. The van der Waals surface area contributed by atoms with Crippen molar-refractivity contribution in [1.29, 1.82) is 0 Å². The van der Waals surface area contributed by atoms with Gasteiger partial charge in [-0.15, -0.1) is 11.3 Å². The van der Waals surface area contributed by atoms with E-state index in [0.717, 1.165) is 37.9 Å². The molecule has 0 saturated carbocycles. The second kappa shape index (κ2) is 6.94. The first kappa shape index (κ1) is 14.4. The maximum Gasteiger partial charge on any atom is 0.193 e. The van der Waals surface area contributed by atoms with Crippen LogP contribution in [0.1, 0.15) is 36.4 Å². The molecule has 0 spiro atoms. The molecule has 0 atom stereocenters.